The average molecular weight is 545 g/mol. The van der Waals surface area contributed by atoms with Crippen molar-refractivity contribution in [2.75, 3.05) is 18.0 Å². The molecule has 4 nitrogen and oxygen atoms in total. The van der Waals surface area contributed by atoms with Crippen LogP contribution in [0.3, 0.4) is 0 Å². The topological polar surface area (TPSA) is 45.5 Å². The van der Waals surface area contributed by atoms with Gasteiger partial charge in [0.05, 0.1) is 21.0 Å². The lowest BCUT2D eigenvalue weighted by atomic mass is 9.99. The minimum Gasteiger partial charge on any atom is -0.478 e. The lowest BCUT2D eigenvalue weighted by Crippen LogP contribution is -2.28. The number of benzene rings is 3. The van der Waals surface area contributed by atoms with E-state index in [2.05, 4.69) is 23.1 Å². The molecule has 2 aliphatic rings. The fourth-order valence-corrected chi connectivity index (χ4v) is 6.80. The van der Waals surface area contributed by atoms with Gasteiger partial charge in [0.15, 0.2) is 11.6 Å². The second-order valence-electron chi connectivity index (χ2n) is 9.27. The van der Waals surface area contributed by atoms with Crippen molar-refractivity contribution in [3.05, 3.63) is 87.5 Å². The Morgan fingerprint density at radius 1 is 1.00 bits per heavy atom. The van der Waals surface area contributed by atoms with Crippen molar-refractivity contribution >= 4 is 57.5 Å². The minimum absolute atomic E-state index is 0.0306. The van der Waals surface area contributed by atoms with Gasteiger partial charge in [0, 0.05) is 41.0 Å². The SMILES string of the molecule is O=C(O)c1cccc(Sc2c(Cl)n(CCN3CC4(CC4)c4ccccc43)c3c(F)c(Cl)ccc23)c1F. The Bertz CT molecular complexity index is 1550. The molecule has 184 valence electrons. The van der Waals surface area contributed by atoms with Gasteiger partial charge in [-0.1, -0.05) is 59.2 Å². The Balaban J connectivity index is 1.39. The summed E-state index contributed by atoms with van der Waals surface area (Å²) in [5.74, 6) is -2.81. The summed E-state index contributed by atoms with van der Waals surface area (Å²) in [6.07, 6.45) is 2.33. The van der Waals surface area contributed by atoms with Crippen LogP contribution < -0.4 is 4.90 Å². The van der Waals surface area contributed by atoms with Gasteiger partial charge < -0.3 is 14.6 Å². The number of halogens is 4. The molecule has 9 heteroatoms. The molecule has 0 bridgehead atoms. The third kappa shape index (κ3) is 3.67. The molecular formula is C27H20Cl2F2N2O2S. The highest BCUT2D eigenvalue weighted by Crippen LogP contribution is 2.56. The van der Waals surface area contributed by atoms with Crippen LogP contribution in [0.2, 0.25) is 10.2 Å². The maximum atomic E-state index is 15.3. The van der Waals surface area contributed by atoms with Crippen LogP contribution in [0.25, 0.3) is 10.9 Å². The molecule has 0 atom stereocenters. The zero-order valence-electron chi connectivity index (χ0n) is 18.9. The molecule has 0 saturated heterocycles. The number of rotatable bonds is 6. The van der Waals surface area contributed by atoms with Crippen molar-refractivity contribution in [2.24, 2.45) is 0 Å². The third-order valence-electron chi connectivity index (χ3n) is 7.17. The zero-order valence-corrected chi connectivity index (χ0v) is 21.2. The Hall–Kier alpha value is -2.74. The molecule has 4 aromatic rings. The first-order valence-electron chi connectivity index (χ1n) is 11.5. The standard InChI is InChI=1S/C27H20Cl2F2N2O2S/c28-18-9-8-16-23(22(18)31)33(13-12-32-14-27(10-11-27)17-5-1-2-6-19(17)32)25(29)24(16)36-20-7-3-4-15(21(20)30)26(34)35/h1-9H,10-14H2,(H,34,35). The lowest BCUT2D eigenvalue weighted by molar-refractivity contribution is 0.0691. The first-order valence-corrected chi connectivity index (χ1v) is 13.1. The number of aromatic carboxylic acids is 1. The van der Waals surface area contributed by atoms with E-state index in [9.17, 15) is 14.3 Å². The van der Waals surface area contributed by atoms with E-state index in [1.54, 1.807) is 10.6 Å². The van der Waals surface area contributed by atoms with Gasteiger partial charge in [-0.3, -0.25) is 0 Å². The number of aromatic nitrogens is 1. The number of carbonyl (C=O) groups is 1. The number of para-hydroxylation sites is 1. The van der Waals surface area contributed by atoms with E-state index >= 15 is 4.39 Å². The van der Waals surface area contributed by atoms with Crippen molar-refractivity contribution in [1.82, 2.24) is 4.57 Å². The van der Waals surface area contributed by atoms with Gasteiger partial charge >= 0.3 is 5.97 Å². The normalized spacial score (nSPS) is 15.6. The van der Waals surface area contributed by atoms with E-state index < -0.39 is 23.2 Å². The second-order valence-corrected chi connectivity index (χ2v) is 11.1. The summed E-state index contributed by atoms with van der Waals surface area (Å²) in [5.41, 5.74) is 2.60. The van der Waals surface area contributed by atoms with E-state index in [4.69, 9.17) is 23.2 Å². The first-order chi connectivity index (χ1) is 17.3. The number of hydrogen-bond acceptors (Lipinski definition) is 3. The quantitative estimate of drug-likeness (QED) is 0.271. The maximum absolute atomic E-state index is 15.3. The summed E-state index contributed by atoms with van der Waals surface area (Å²) in [4.78, 5) is 14.2. The van der Waals surface area contributed by atoms with Gasteiger partial charge in [0.2, 0.25) is 0 Å². The second kappa shape index (κ2) is 8.68. The number of carboxylic acids is 1. The van der Waals surface area contributed by atoms with E-state index in [1.807, 2.05) is 6.07 Å². The molecule has 1 aliphatic carbocycles. The molecule has 1 aliphatic heterocycles. The molecule has 1 saturated carbocycles. The summed E-state index contributed by atoms with van der Waals surface area (Å²) < 4.78 is 31.9. The largest absolute Gasteiger partial charge is 0.478 e. The average Bonchev–Trinajstić information content (AvgIpc) is 3.51. The summed E-state index contributed by atoms with van der Waals surface area (Å²) in [6, 6.07) is 15.7. The van der Waals surface area contributed by atoms with Gasteiger partial charge in [-0.05, 0) is 48.7 Å². The molecule has 2 heterocycles. The summed E-state index contributed by atoms with van der Waals surface area (Å²) in [6.45, 7) is 1.93. The van der Waals surface area contributed by atoms with E-state index in [1.165, 1.54) is 48.4 Å². The Morgan fingerprint density at radius 2 is 1.78 bits per heavy atom. The van der Waals surface area contributed by atoms with Crippen LogP contribution in [0.5, 0.6) is 0 Å². The maximum Gasteiger partial charge on any atom is 0.338 e. The van der Waals surface area contributed by atoms with Gasteiger partial charge in [0.1, 0.15) is 5.15 Å². The molecule has 1 spiro atoms. The Morgan fingerprint density at radius 3 is 2.53 bits per heavy atom. The molecular weight excluding hydrogens is 525 g/mol. The predicted molar refractivity (Wildman–Crippen MR) is 139 cm³/mol. The number of anilines is 1. The zero-order chi connectivity index (χ0) is 25.2. The van der Waals surface area contributed by atoms with Crippen LogP contribution in [0.1, 0.15) is 28.8 Å². The van der Waals surface area contributed by atoms with Gasteiger partial charge in [-0.15, -0.1) is 0 Å². The number of carboxylic acid groups (broad SMARTS) is 1. The number of fused-ring (bicyclic) bond motifs is 3. The minimum atomic E-state index is -1.36. The van der Waals surface area contributed by atoms with Gasteiger partial charge in [-0.2, -0.15) is 0 Å². The molecule has 0 amide bonds. The Labute approximate surface area is 220 Å². The monoisotopic (exact) mass is 544 g/mol. The van der Waals surface area contributed by atoms with Crippen molar-refractivity contribution < 1.29 is 18.7 Å². The fraction of sp³-hybridized carbons (Fsp3) is 0.222. The molecule has 1 N–H and O–H groups in total. The fourth-order valence-electron chi connectivity index (χ4n) is 5.22. The van der Waals surface area contributed by atoms with E-state index in [0.717, 1.165) is 18.3 Å². The molecule has 36 heavy (non-hydrogen) atoms. The summed E-state index contributed by atoms with van der Waals surface area (Å²) >= 11 is 13.9. The van der Waals surface area contributed by atoms with Crippen molar-refractivity contribution in [3.63, 3.8) is 0 Å². The molecule has 1 aromatic heterocycles. The van der Waals surface area contributed by atoms with Crippen LogP contribution >= 0.6 is 35.0 Å². The molecule has 0 unspecified atom stereocenters. The highest BCUT2D eigenvalue weighted by Gasteiger charge is 2.51. The van der Waals surface area contributed by atoms with Crippen LogP contribution in [0, 0.1) is 11.6 Å². The van der Waals surface area contributed by atoms with Crippen molar-refractivity contribution in [1.29, 1.82) is 0 Å². The van der Waals surface area contributed by atoms with Crippen LogP contribution in [-0.4, -0.2) is 28.7 Å². The van der Waals surface area contributed by atoms with Crippen LogP contribution in [0.15, 0.2) is 64.4 Å². The van der Waals surface area contributed by atoms with Gasteiger partial charge in [0.25, 0.3) is 0 Å². The van der Waals surface area contributed by atoms with Crippen molar-refractivity contribution in [2.45, 2.75) is 34.6 Å². The van der Waals surface area contributed by atoms with Crippen LogP contribution in [0.4, 0.5) is 14.5 Å². The molecule has 3 aromatic carbocycles. The van der Waals surface area contributed by atoms with Crippen LogP contribution in [-0.2, 0) is 12.0 Å². The third-order valence-corrected chi connectivity index (χ3v) is 9.12. The molecule has 6 rings (SSSR count). The van der Waals surface area contributed by atoms with Gasteiger partial charge in [-0.25, -0.2) is 13.6 Å². The smallest absolute Gasteiger partial charge is 0.338 e. The summed E-state index contributed by atoms with van der Waals surface area (Å²) in [5, 5.41) is 10.0. The predicted octanol–water partition coefficient (Wildman–Crippen LogP) is 7.63. The van der Waals surface area contributed by atoms with Crippen molar-refractivity contribution in [3.8, 4) is 0 Å². The van der Waals surface area contributed by atoms with E-state index in [-0.39, 0.29) is 26.0 Å². The highest BCUT2D eigenvalue weighted by atomic mass is 35.5. The highest BCUT2D eigenvalue weighted by molar-refractivity contribution is 7.99. The lowest BCUT2D eigenvalue weighted by Gasteiger charge is -2.21. The summed E-state index contributed by atoms with van der Waals surface area (Å²) in [7, 11) is 0. The first kappa shape index (κ1) is 23.6. The Kier molecular flexibility index (Phi) is 5.70. The number of hydrogen-bond donors (Lipinski definition) is 1. The number of nitrogens with zero attached hydrogens (tertiary/aromatic N) is 2. The molecule has 1 fully saturated rings. The van der Waals surface area contributed by atoms with E-state index in [0.29, 0.717) is 23.4 Å². The molecule has 0 radical (unpaired) electrons.